The summed E-state index contributed by atoms with van der Waals surface area (Å²) in [5.41, 5.74) is 6.92. The third-order valence-electron chi connectivity index (χ3n) is 7.61. The van der Waals surface area contributed by atoms with E-state index >= 15 is 0 Å². The number of fused-ring (bicyclic) bond motifs is 1. The van der Waals surface area contributed by atoms with E-state index in [9.17, 15) is 9.59 Å². The maximum atomic E-state index is 13.9. The second kappa shape index (κ2) is 11.9. The van der Waals surface area contributed by atoms with Crippen molar-refractivity contribution in [3.05, 3.63) is 101 Å². The summed E-state index contributed by atoms with van der Waals surface area (Å²) in [6.45, 7) is 5.20. The molecule has 210 valence electrons. The lowest BCUT2D eigenvalue weighted by Crippen LogP contribution is -2.44. The molecule has 7 nitrogen and oxygen atoms in total. The van der Waals surface area contributed by atoms with E-state index < -0.39 is 0 Å². The highest BCUT2D eigenvalue weighted by Gasteiger charge is 2.37. The predicted octanol–water partition coefficient (Wildman–Crippen LogP) is 5.62. The van der Waals surface area contributed by atoms with E-state index in [2.05, 4.69) is 36.5 Å². The predicted molar refractivity (Wildman–Crippen MR) is 164 cm³/mol. The molecular weight excluding hydrogens is 532 g/mol. The van der Waals surface area contributed by atoms with Gasteiger partial charge in [0, 0.05) is 24.3 Å². The molecule has 1 N–H and O–H groups in total. The number of nitrogens with one attached hydrogen (secondary N) is 1. The van der Waals surface area contributed by atoms with Gasteiger partial charge < -0.3 is 10.1 Å². The largest absolute Gasteiger partial charge is 0.376 e. The zero-order valence-electron chi connectivity index (χ0n) is 23.4. The topological polar surface area (TPSA) is 76.5 Å². The van der Waals surface area contributed by atoms with Gasteiger partial charge in [-0.15, -0.1) is 11.8 Å². The first-order valence-electron chi connectivity index (χ1n) is 14.1. The number of aromatic nitrogens is 2. The number of carbonyl (C=O) groups is 2. The van der Waals surface area contributed by atoms with Gasteiger partial charge in [-0.25, -0.2) is 4.68 Å². The first-order chi connectivity index (χ1) is 20.0. The molecule has 2 atom stereocenters. The van der Waals surface area contributed by atoms with E-state index in [1.807, 2.05) is 66.2 Å². The molecule has 1 aromatic heterocycles. The molecule has 0 aliphatic carbocycles. The van der Waals surface area contributed by atoms with E-state index in [0.717, 1.165) is 58.6 Å². The van der Waals surface area contributed by atoms with Gasteiger partial charge in [0.05, 0.1) is 28.5 Å². The first kappa shape index (κ1) is 27.3. The summed E-state index contributed by atoms with van der Waals surface area (Å²) in [5.74, 6) is 0.554. The fourth-order valence-electron chi connectivity index (χ4n) is 5.52. The van der Waals surface area contributed by atoms with Crippen LogP contribution in [0.5, 0.6) is 0 Å². The SMILES string of the molecule is Cc1ccc(-n2nc(-c3ccccc3)c3c2N(CC(=O)NC[C@H]2CCCO2)C(=O)CS[C@@H]3c2cccc(C)c2)cc1. The van der Waals surface area contributed by atoms with Crippen LogP contribution in [0.15, 0.2) is 78.9 Å². The van der Waals surface area contributed by atoms with Crippen molar-refractivity contribution in [1.82, 2.24) is 15.1 Å². The van der Waals surface area contributed by atoms with Crippen molar-refractivity contribution < 1.29 is 14.3 Å². The Morgan fingerprint density at radius 2 is 1.83 bits per heavy atom. The van der Waals surface area contributed by atoms with Crippen LogP contribution >= 0.6 is 11.8 Å². The third-order valence-corrected chi connectivity index (χ3v) is 8.87. The van der Waals surface area contributed by atoms with Crippen LogP contribution in [0.3, 0.4) is 0 Å². The van der Waals surface area contributed by atoms with E-state index in [-0.39, 0.29) is 35.5 Å². The van der Waals surface area contributed by atoms with Gasteiger partial charge in [-0.3, -0.25) is 14.5 Å². The summed E-state index contributed by atoms with van der Waals surface area (Å²) < 4.78 is 7.53. The van der Waals surface area contributed by atoms with Crippen molar-refractivity contribution in [3.8, 4) is 16.9 Å². The van der Waals surface area contributed by atoms with Gasteiger partial charge >= 0.3 is 0 Å². The number of thioether (sulfide) groups is 1. The van der Waals surface area contributed by atoms with Crippen molar-refractivity contribution >= 4 is 29.4 Å². The third kappa shape index (κ3) is 5.80. The van der Waals surface area contributed by atoms with E-state index in [1.165, 1.54) is 0 Å². The Hall–Kier alpha value is -3.88. The van der Waals surface area contributed by atoms with Crippen LogP contribution in [0, 0.1) is 13.8 Å². The number of benzene rings is 3. The molecule has 6 rings (SSSR count). The Labute approximate surface area is 244 Å². The molecule has 3 heterocycles. The van der Waals surface area contributed by atoms with Gasteiger partial charge in [0.15, 0.2) is 0 Å². The smallest absolute Gasteiger partial charge is 0.240 e. The van der Waals surface area contributed by atoms with Crippen LogP contribution in [-0.4, -0.2) is 53.1 Å². The normalized spacial score (nSPS) is 18.7. The molecule has 0 unspecified atom stereocenters. The standard InChI is InChI=1S/C33H34N4O3S/c1-22-13-15-26(16-14-22)37-33-30(31(35-37)24-9-4-3-5-10-24)32(25-11-6-8-23(2)18-25)41-21-29(39)36(33)20-28(38)34-19-27-12-7-17-40-27/h3-6,8-11,13-16,18,27,32H,7,12,17,19-21H2,1-2H3,(H,34,38)/t27-,32-/m1/s1. The van der Waals surface area contributed by atoms with Crippen molar-refractivity contribution in [2.75, 3.05) is 30.3 Å². The summed E-state index contributed by atoms with van der Waals surface area (Å²) >= 11 is 1.58. The van der Waals surface area contributed by atoms with Gasteiger partial charge in [0.25, 0.3) is 0 Å². The highest BCUT2D eigenvalue weighted by atomic mass is 32.2. The molecule has 2 amide bonds. The quantitative estimate of drug-likeness (QED) is 0.314. The minimum atomic E-state index is -0.211. The molecule has 0 bridgehead atoms. The van der Waals surface area contributed by atoms with Crippen LogP contribution in [0.25, 0.3) is 16.9 Å². The van der Waals surface area contributed by atoms with Crippen LogP contribution in [0.2, 0.25) is 0 Å². The van der Waals surface area contributed by atoms with Gasteiger partial charge in [-0.05, 0) is 44.4 Å². The first-order valence-corrected chi connectivity index (χ1v) is 15.1. The monoisotopic (exact) mass is 566 g/mol. The molecule has 4 aromatic rings. The number of anilines is 1. The van der Waals surface area contributed by atoms with Crippen molar-refractivity contribution in [1.29, 1.82) is 0 Å². The van der Waals surface area contributed by atoms with Crippen molar-refractivity contribution in [2.24, 2.45) is 0 Å². The van der Waals surface area contributed by atoms with Crippen LogP contribution in [0.4, 0.5) is 5.82 Å². The Bertz CT molecular complexity index is 1540. The molecule has 0 spiro atoms. The van der Waals surface area contributed by atoms with Crippen molar-refractivity contribution in [3.63, 3.8) is 0 Å². The number of aryl methyl sites for hydroxylation is 2. The summed E-state index contributed by atoms with van der Waals surface area (Å²) in [4.78, 5) is 28.8. The Kier molecular flexibility index (Phi) is 7.94. The zero-order valence-corrected chi connectivity index (χ0v) is 24.2. The number of hydrogen-bond acceptors (Lipinski definition) is 5. The number of hydrogen-bond donors (Lipinski definition) is 1. The molecule has 8 heteroatoms. The highest BCUT2D eigenvalue weighted by molar-refractivity contribution is 8.00. The molecule has 0 radical (unpaired) electrons. The molecule has 1 fully saturated rings. The van der Waals surface area contributed by atoms with E-state index in [0.29, 0.717) is 12.4 Å². The molecule has 0 saturated carbocycles. The van der Waals surface area contributed by atoms with Gasteiger partial charge in [0.1, 0.15) is 12.4 Å². The summed E-state index contributed by atoms with van der Waals surface area (Å²) in [6, 6.07) is 26.6. The maximum absolute atomic E-state index is 13.9. The molecule has 41 heavy (non-hydrogen) atoms. The zero-order chi connectivity index (χ0) is 28.3. The minimum absolute atomic E-state index is 0.0263. The van der Waals surface area contributed by atoms with Gasteiger partial charge in [-0.2, -0.15) is 5.10 Å². The number of ether oxygens (including phenoxy) is 1. The second-order valence-corrected chi connectivity index (χ2v) is 11.8. The molecule has 3 aromatic carbocycles. The van der Waals surface area contributed by atoms with Crippen LogP contribution in [-0.2, 0) is 14.3 Å². The Balaban J connectivity index is 1.51. The summed E-state index contributed by atoms with van der Waals surface area (Å²) in [7, 11) is 0. The maximum Gasteiger partial charge on any atom is 0.240 e. The fraction of sp³-hybridized carbons (Fsp3) is 0.303. The van der Waals surface area contributed by atoms with Gasteiger partial charge in [0.2, 0.25) is 11.8 Å². The second-order valence-electron chi connectivity index (χ2n) is 10.7. The number of amides is 2. The molecule has 2 aliphatic heterocycles. The molecule has 1 saturated heterocycles. The minimum Gasteiger partial charge on any atom is -0.376 e. The van der Waals surface area contributed by atoms with Crippen LogP contribution < -0.4 is 10.2 Å². The fourth-order valence-corrected chi connectivity index (χ4v) is 6.71. The van der Waals surface area contributed by atoms with Gasteiger partial charge in [-0.1, -0.05) is 77.9 Å². The van der Waals surface area contributed by atoms with E-state index in [1.54, 1.807) is 16.7 Å². The Morgan fingerprint density at radius 3 is 2.56 bits per heavy atom. The molecule has 2 aliphatic rings. The Morgan fingerprint density at radius 1 is 1.02 bits per heavy atom. The highest BCUT2D eigenvalue weighted by Crippen LogP contribution is 2.48. The number of carbonyl (C=O) groups excluding carboxylic acids is 2. The number of nitrogens with zero attached hydrogens (tertiary/aromatic N) is 3. The van der Waals surface area contributed by atoms with E-state index in [4.69, 9.17) is 9.84 Å². The number of rotatable bonds is 7. The average molecular weight is 567 g/mol. The average Bonchev–Trinajstić information content (AvgIpc) is 3.62. The lowest BCUT2D eigenvalue weighted by molar-refractivity contribution is -0.123. The lowest BCUT2D eigenvalue weighted by Gasteiger charge is -2.23. The van der Waals surface area contributed by atoms with Crippen molar-refractivity contribution in [2.45, 2.75) is 38.0 Å². The lowest BCUT2D eigenvalue weighted by atomic mass is 9.98. The summed E-state index contributed by atoms with van der Waals surface area (Å²) in [6.07, 6.45) is 1.96. The molecular formula is C33H34N4O3S. The van der Waals surface area contributed by atoms with Crippen LogP contribution in [0.1, 0.15) is 40.3 Å². The summed E-state index contributed by atoms with van der Waals surface area (Å²) in [5, 5.41) is 8.02.